The number of halogens is 3. The van der Waals surface area contributed by atoms with Crippen molar-refractivity contribution in [3.8, 4) is 5.75 Å². The first kappa shape index (κ1) is 16.7. The first-order valence-corrected chi connectivity index (χ1v) is 7.47. The van der Waals surface area contributed by atoms with Crippen LogP contribution in [0.1, 0.15) is 21.3 Å². The fourth-order valence-electron chi connectivity index (χ4n) is 1.72. The summed E-state index contributed by atoms with van der Waals surface area (Å²) in [5.41, 5.74) is 0.583. The molecule has 1 amide bonds. The van der Waals surface area contributed by atoms with Crippen LogP contribution in [0.2, 0.25) is 5.02 Å². The number of amides is 1. The molecule has 2 aromatic rings. The Morgan fingerprint density at radius 1 is 1.32 bits per heavy atom. The molecule has 0 aliphatic rings. The van der Waals surface area contributed by atoms with Crippen molar-refractivity contribution >= 4 is 28.8 Å². The van der Waals surface area contributed by atoms with Gasteiger partial charge in [0.1, 0.15) is 10.6 Å². The fourth-order valence-corrected chi connectivity index (χ4v) is 2.59. The molecule has 1 atom stereocenters. The van der Waals surface area contributed by atoms with Crippen LogP contribution in [0.15, 0.2) is 35.7 Å². The summed E-state index contributed by atoms with van der Waals surface area (Å²) >= 11 is 6.72. The number of hydrogen-bond donors (Lipinski definition) is 2. The molecule has 118 valence electrons. The summed E-state index contributed by atoms with van der Waals surface area (Å²) in [6.07, 6.45) is -0.930. The molecule has 0 saturated carbocycles. The molecule has 0 aliphatic carbocycles. The normalized spacial score (nSPS) is 12.2. The van der Waals surface area contributed by atoms with Gasteiger partial charge in [-0.15, -0.1) is 11.3 Å². The minimum atomic E-state index is -3.00. The lowest BCUT2D eigenvalue weighted by molar-refractivity contribution is -0.0498. The Hall–Kier alpha value is -1.70. The van der Waals surface area contributed by atoms with E-state index in [0.717, 1.165) is 11.3 Å². The number of rotatable bonds is 6. The largest absolute Gasteiger partial charge is 0.433 e. The summed E-state index contributed by atoms with van der Waals surface area (Å²) in [6.45, 7) is -3.06. The molecule has 0 saturated heterocycles. The van der Waals surface area contributed by atoms with Crippen LogP contribution in [0.5, 0.6) is 5.75 Å². The molecule has 1 unspecified atom stereocenters. The molecular formula is C14H12ClF2NO3S. The maximum absolute atomic E-state index is 12.2. The molecule has 4 nitrogen and oxygen atoms in total. The molecule has 1 aromatic carbocycles. The Labute approximate surface area is 134 Å². The Morgan fingerprint density at radius 3 is 2.64 bits per heavy atom. The summed E-state index contributed by atoms with van der Waals surface area (Å²) in [5.74, 6) is -0.767. The molecule has 1 heterocycles. The summed E-state index contributed by atoms with van der Waals surface area (Å²) in [5, 5.41) is 14.5. The number of nitrogens with one attached hydrogen (secondary N) is 1. The maximum Gasteiger partial charge on any atom is 0.387 e. The first-order valence-electron chi connectivity index (χ1n) is 6.21. The molecule has 0 bridgehead atoms. The third-order valence-electron chi connectivity index (χ3n) is 2.76. The van der Waals surface area contributed by atoms with E-state index in [1.807, 2.05) is 0 Å². The number of carbonyl (C=O) groups is 1. The van der Waals surface area contributed by atoms with Crippen molar-refractivity contribution in [1.82, 2.24) is 5.32 Å². The second-order valence-electron chi connectivity index (χ2n) is 4.27. The number of hydrogen-bond acceptors (Lipinski definition) is 4. The van der Waals surface area contributed by atoms with E-state index in [0.29, 0.717) is 10.6 Å². The minimum Gasteiger partial charge on any atom is -0.433 e. The molecule has 2 rings (SSSR count). The van der Waals surface area contributed by atoms with Gasteiger partial charge < -0.3 is 15.2 Å². The molecular weight excluding hydrogens is 336 g/mol. The highest BCUT2D eigenvalue weighted by Crippen LogP contribution is 2.26. The third-order valence-corrected chi connectivity index (χ3v) is 3.91. The van der Waals surface area contributed by atoms with Crippen LogP contribution in [0.3, 0.4) is 0 Å². The molecule has 0 spiro atoms. The predicted octanol–water partition coefficient (Wildman–Crippen LogP) is 3.47. The van der Waals surface area contributed by atoms with E-state index in [1.165, 1.54) is 11.4 Å². The second kappa shape index (κ2) is 7.53. The van der Waals surface area contributed by atoms with Gasteiger partial charge in [-0.25, -0.2) is 0 Å². The zero-order valence-corrected chi connectivity index (χ0v) is 12.7. The predicted molar refractivity (Wildman–Crippen MR) is 79.7 cm³/mol. The monoisotopic (exact) mass is 347 g/mol. The summed E-state index contributed by atoms with van der Waals surface area (Å²) in [7, 11) is 0. The van der Waals surface area contributed by atoms with Gasteiger partial charge in [0.15, 0.2) is 0 Å². The zero-order chi connectivity index (χ0) is 16.1. The number of aliphatic hydroxyl groups is 1. The highest BCUT2D eigenvalue weighted by molar-refractivity contribution is 7.12. The lowest BCUT2D eigenvalue weighted by atomic mass is 10.1. The van der Waals surface area contributed by atoms with Gasteiger partial charge in [0.25, 0.3) is 5.91 Å². The van der Waals surface area contributed by atoms with Crippen molar-refractivity contribution in [3.63, 3.8) is 0 Å². The van der Waals surface area contributed by atoms with E-state index in [-0.39, 0.29) is 17.2 Å². The molecule has 0 fully saturated rings. The summed E-state index contributed by atoms with van der Waals surface area (Å²) in [4.78, 5) is 12.0. The van der Waals surface area contributed by atoms with E-state index in [4.69, 9.17) is 11.6 Å². The summed E-state index contributed by atoms with van der Waals surface area (Å²) < 4.78 is 28.7. The molecule has 8 heteroatoms. The number of carbonyl (C=O) groups excluding carboxylic acids is 1. The van der Waals surface area contributed by atoms with Crippen LogP contribution in [0, 0.1) is 0 Å². The van der Waals surface area contributed by atoms with Gasteiger partial charge in [0.2, 0.25) is 0 Å². The van der Waals surface area contributed by atoms with E-state index in [9.17, 15) is 18.7 Å². The number of thiophene rings is 1. The Kier molecular flexibility index (Phi) is 5.70. The maximum atomic E-state index is 12.2. The highest BCUT2D eigenvalue weighted by Gasteiger charge is 2.18. The average molecular weight is 348 g/mol. The number of alkyl halides is 2. The van der Waals surface area contributed by atoms with Gasteiger partial charge in [-0.05, 0) is 29.1 Å². The quantitative estimate of drug-likeness (QED) is 0.841. The Morgan fingerprint density at radius 2 is 2.00 bits per heavy atom. The van der Waals surface area contributed by atoms with Crippen LogP contribution in [-0.4, -0.2) is 24.2 Å². The minimum absolute atomic E-state index is 0.0311. The van der Waals surface area contributed by atoms with Crippen LogP contribution >= 0.6 is 22.9 Å². The number of benzene rings is 1. The van der Waals surface area contributed by atoms with Crippen LogP contribution in [0.25, 0.3) is 0 Å². The van der Waals surface area contributed by atoms with Crippen molar-refractivity contribution in [2.24, 2.45) is 0 Å². The van der Waals surface area contributed by atoms with Gasteiger partial charge >= 0.3 is 6.61 Å². The standard InChI is InChI=1S/C14H12ClF2NO3S/c15-9-3-1-8(2-4-9)10(19)7-18-13(20)12-11(5-6-22-12)21-14(16)17/h1-6,10,14,19H,7H2,(H,18,20). The van der Waals surface area contributed by atoms with E-state index < -0.39 is 18.6 Å². The van der Waals surface area contributed by atoms with E-state index in [2.05, 4.69) is 10.1 Å². The van der Waals surface area contributed by atoms with Gasteiger partial charge in [-0.3, -0.25) is 4.79 Å². The van der Waals surface area contributed by atoms with Crippen molar-refractivity contribution in [2.45, 2.75) is 12.7 Å². The van der Waals surface area contributed by atoms with Gasteiger partial charge in [0, 0.05) is 11.6 Å². The fraction of sp³-hybridized carbons (Fsp3) is 0.214. The van der Waals surface area contributed by atoms with E-state index in [1.54, 1.807) is 24.3 Å². The molecule has 0 radical (unpaired) electrons. The van der Waals surface area contributed by atoms with Crippen molar-refractivity contribution < 1.29 is 23.4 Å². The average Bonchev–Trinajstić information content (AvgIpc) is 2.92. The highest BCUT2D eigenvalue weighted by atomic mass is 35.5. The van der Waals surface area contributed by atoms with Gasteiger partial charge in [-0.2, -0.15) is 8.78 Å². The smallest absolute Gasteiger partial charge is 0.387 e. The topological polar surface area (TPSA) is 58.6 Å². The van der Waals surface area contributed by atoms with Crippen molar-refractivity contribution in [2.75, 3.05) is 6.54 Å². The second-order valence-corrected chi connectivity index (χ2v) is 5.62. The third kappa shape index (κ3) is 4.40. The number of aliphatic hydroxyl groups excluding tert-OH is 1. The molecule has 22 heavy (non-hydrogen) atoms. The number of ether oxygens (including phenoxy) is 1. The van der Waals surface area contributed by atoms with E-state index >= 15 is 0 Å². The zero-order valence-electron chi connectivity index (χ0n) is 11.1. The van der Waals surface area contributed by atoms with Crippen LogP contribution < -0.4 is 10.1 Å². The van der Waals surface area contributed by atoms with Crippen LogP contribution in [-0.2, 0) is 0 Å². The molecule has 2 N–H and O–H groups in total. The molecule has 0 aliphatic heterocycles. The lowest BCUT2D eigenvalue weighted by Crippen LogP contribution is -2.28. The molecule has 1 aromatic heterocycles. The van der Waals surface area contributed by atoms with Crippen LogP contribution in [0.4, 0.5) is 8.78 Å². The SMILES string of the molecule is O=C(NCC(O)c1ccc(Cl)cc1)c1sccc1OC(F)F. The van der Waals surface area contributed by atoms with Crippen molar-refractivity contribution in [3.05, 3.63) is 51.2 Å². The summed E-state index contributed by atoms with van der Waals surface area (Å²) in [6, 6.07) is 7.80. The van der Waals surface area contributed by atoms with Gasteiger partial charge in [-0.1, -0.05) is 23.7 Å². The lowest BCUT2D eigenvalue weighted by Gasteiger charge is -2.12. The Bertz CT molecular complexity index is 633. The first-order chi connectivity index (χ1) is 10.5. The van der Waals surface area contributed by atoms with Crippen molar-refractivity contribution in [1.29, 1.82) is 0 Å². The Balaban J connectivity index is 1.95. The van der Waals surface area contributed by atoms with Gasteiger partial charge in [0.05, 0.1) is 6.10 Å².